The number of likely N-dealkylation sites (N-methyl/N-ethyl adjacent to an activating group) is 1. The van der Waals surface area contributed by atoms with E-state index in [4.69, 9.17) is 5.73 Å². The Hall–Kier alpha value is -1.47. The van der Waals surface area contributed by atoms with Crippen molar-refractivity contribution in [1.29, 1.82) is 0 Å². The molecule has 0 radical (unpaired) electrons. The van der Waals surface area contributed by atoms with Crippen LogP contribution in [-0.4, -0.2) is 78.2 Å². The number of nitrogens with two attached hydrogens (primary N) is 1. The van der Waals surface area contributed by atoms with E-state index < -0.39 is 17.7 Å². The maximum atomic E-state index is 12.0. The Bertz CT molecular complexity index is 351. The van der Waals surface area contributed by atoms with Crippen LogP contribution in [0.4, 0.5) is 0 Å². The Kier molecular flexibility index (Phi) is 5.91. The van der Waals surface area contributed by atoms with Crippen LogP contribution in [0.15, 0.2) is 0 Å². The van der Waals surface area contributed by atoms with Gasteiger partial charge in [0.15, 0.2) is 0 Å². The predicted molar refractivity (Wildman–Crippen MR) is 70.1 cm³/mol. The lowest BCUT2D eigenvalue weighted by Gasteiger charge is -2.34. The maximum Gasteiger partial charge on any atom is 0.318 e. The van der Waals surface area contributed by atoms with Gasteiger partial charge in [0.25, 0.3) is 0 Å². The summed E-state index contributed by atoms with van der Waals surface area (Å²) < 4.78 is 0. The highest BCUT2D eigenvalue weighted by molar-refractivity contribution is 6.37. The number of imide groups is 1. The van der Waals surface area contributed by atoms with E-state index in [2.05, 4.69) is 11.8 Å². The average Bonchev–Trinajstić information content (AvgIpc) is 2.43. The first-order valence-corrected chi connectivity index (χ1v) is 6.55. The molecule has 7 nitrogen and oxygen atoms in total. The summed E-state index contributed by atoms with van der Waals surface area (Å²) in [7, 11) is 0. The smallest absolute Gasteiger partial charge is 0.318 e. The van der Waals surface area contributed by atoms with Gasteiger partial charge in [0.1, 0.15) is 0 Å². The average molecular weight is 270 g/mol. The molecule has 0 aliphatic carbocycles. The zero-order valence-electron chi connectivity index (χ0n) is 11.6. The van der Waals surface area contributed by atoms with Crippen LogP contribution in [0.25, 0.3) is 0 Å². The summed E-state index contributed by atoms with van der Waals surface area (Å²) in [5, 5.41) is 0. The van der Waals surface area contributed by atoms with Gasteiger partial charge in [-0.25, -0.2) is 0 Å². The first-order valence-electron chi connectivity index (χ1n) is 6.55. The minimum atomic E-state index is -0.775. The molecule has 0 saturated carbocycles. The van der Waals surface area contributed by atoms with Crippen molar-refractivity contribution in [2.75, 3.05) is 45.8 Å². The lowest BCUT2D eigenvalue weighted by molar-refractivity contribution is -0.156. The van der Waals surface area contributed by atoms with Gasteiger partial charge in [-0.2, -0.15) is 0 Å². The third kappa shape index (κ3) is 4.00. The molecular formula is C12H22N4O3. The number of hydrogen-bond acceptors (Lipinski definition) is 5. The van der Waals surface area contributed by atoms with Gasteiger partial charge < -0.3 is 15.5 Å². The van der Waals surface area contributed by atoms with Gasteiger partial charge in [-0.1, -0.05) is 6.92 Å². The summed E-state index contributed by atoms with van der Waals surface area (Å²) in [5.74, 6) is -1.83. The normalized spacial score (nSPS) is 16.3. The van der Waals surface area contributed by atoms with E-state index in [1.165, 1.54) is 11.8 Å². The van der Waals surface area contributed by atoms with Crippen LogP contribution in [-0.2, 0) is 14.4 Å². The van der Waals surface area contributed by atoms with Crippen LogP contribution < -0.4 is 5.73 Å². The van der Waals surface area contributed by atoms with Crippen LogP contribution in [0, 0.1) is 0 Å². The molecule has 0 aromatic carbocycles. The van der Waals surface area contributed by atoms with E-state index in [0.29, 0.717) is 13.1 Å². The molecule has 3 amide bonds. The zero-order chi connectivity index (χ0) is 14.4. The molecule has 0 aromatic heterocycles. The summed E-state index contributed by atoms with van der Waals surface area (Å²) in [6.45, 7) is 7.04. The molecule has 1 heterocycles. The second-order valence-corrected chi connectivity index (χ2v) is 4.49. The molecule has 0 spiro atoms. The molecule has 1 fully saturated rings. The van der Waals surface area contributed by atoms with Crippen molar-refractivity contribution in [2.24, 2.45) is 5.73 Å². The molecule has 1 saturated heterocycles. The van der Waals surface area contributed by atoms with Crippen LogP contribution >= 0.6 is 0 Å². The van der Waals surface area contributed by atoms with Gasteiger partial charge in [0.05, 0.1) is 0 Å². The molecule has 108 valence electrons. The highest BCUT2D eigenvalue weighted by Crippen LogP contribution is 2.04. The highest BCUT2D eigenvalue weighted by Gasteiger charge is 2.30. The van der Waals surface area contributed by atoms with E-state index in [0.717, 1.165) is 24.5 Å². The standard InChI is InChI=1S/C12H22N4O3/c1-3-14-6-8-15(9-7-14)11(18)12(19)16(5-4-13)10(2)17/h3-9,13H2,1-2H3. The topological polar surface area (TPSA) is 87.0 Å². The molecule has 2 N–H and O–H groups in total. The quantitative estimate of drug-likeness (QED) is 0.630. The lowest BCUT2D eigenvalue weighted by atomic mass is 10.3. The summed E-state index contributed by atoms with van der Waals surface area (Å²) in [5.41, 5.74) is 5.34. The van der Waals surface area contributed by atoms with Gasteiger partial charge in [-0.15, -0.1) is 0 Å². The van der Waals surface area contributed by atoms with E-state index in [9.17, 15) is 14.4 Å². The van der Waals surface area contributed by atoms with Crippen molar-refractivity contribution in [1.82, 2.24) is 14.7 Å². The molecule has 0 atom stereocenters. The third-order valence-electron chi connectivity index (χ3n) is 3.27. The highest BCUT2D eigenvalue weighted by atomic mass is 16.2. The third-order valence-corrected chi connectivity index (χ3v) is 3.27. The number of hydrogen-bond donors (Lipinski definition) is 1. The second kappa shape index (κ2) is 7.20. The molecular weight excluding hydrogens is 248 g/mol. The fourth-order valence-electron chi connectivity index (χ4n) is 2.05. The summed E-state index contributed by atoms with van der Waals surface area (Å²) in [6, 6.07) is 0. The predicted octanol–water partition coefficient (Wildman–Crippen LogP) is -1.52. The van der Waals surface area contributed by atoms with E-state index in [-0.39, 0.29) is 13.1 Å². The SMILES string of the molecule is CCN1CCN(C(=O)C(=O)N(CCN)C(C)=O)CC1. The number of amides is 3. The summed E-state index contributed by atoms with van der Waals surface area (Å²) in [4.78, 5) is 40.0. The Balaban J connectivity index is 2.61. The number of nitrogens with zero attached hydrogens (tertiary/aromatic N) is 3. The maximum absolute atomic E-state index is 12.0. The Labute approximate surface area is 113 Å². The molecule has 19 heavy (non-hydrogen) atoms. The molecule has 0 bridgehead atoms. The van der Waals surface area contributed by atoms with Gasteiger partial charge in [0.2, 0.25) is 5.91 Å². The van der Waals surface area contributed by atoms with Crippen molar-refractivity contribution in [3.05, 3.63) is 0 Å². The lowest BCUT2D eigenvalue weighted by Crippen LogP contribution is -2.54. The fraction of sp³-hybridized carbons (Fsp3) is 0.750. The van der Waals surface area contributed by atoms with Gasteiger partial charge in [-0.05, 0) is 6.54 Å². The van der Waals surface area contributed by atoms with Crippen molar-refractivity contribution >= 4 is 17.7 Å². The van der Waals surface area contributed by atoms with Crippen LogP contribution in [0.1, 0.15) is 13.8 Å². The molecule has 0 aromatic rings. The number of rotatable bonds is 3. The minimum Gasteiger partial charge on any atom is -0.332 e. The number of piperazine rings is 1. The van der Waals surface area contributed by atoms with Gasteiger partial charge >= 0.3 is 11.8 Å². The van der Waals surface area contributed by atoms with Crippen molar-refractivity contribution in [2.45, 2.75) is 13.8 Å². The van der Waals surface area contributed by atoms with E-state index >= 15 is 0 Å². The molecule has 1 rings (SSSR count). The zero-order valence-corrected chi connectivity index (χ0v) is 11.6. The summed E-state index contributed by atoms with van der Waals surface area (Å²) in [6.07, 6.45) is 0. The van der Waals surface area contributed by atoms with Crippen LogP contribution in [0.3, 0.4) is 0 Å². The van der Waals surface area contributed by atoms with Crippen molar-refractivity contribution in [3.63, 3.8) is 0 Å². The monoisotopic (exact) mass is 270 g/mol. The second-order valence-electron chi connectivity index (χ2n) is 4.49. The van der Waals surface area contributed by atoms with Crippen molar-refractivity contribution in [3.8, 4) is 0 Å². The molecule has 1 aliphatic heterocycles. The van der Waals surface area contributed by atoms with Crippen LogP contribution in [0.2, 0.25) is 0 Å². The van der Waals surface area contributed by atoms with E-state index in [1.54, 1.807) is 0 Å². The summed E-state index contributed by atoms with van der Waals surface area (Å²) >= 11 is 0. The van der Waals surface area contributed by atoms with Gasteiger partial charge in [0, 0.05) is 46.2 Å². The fourth-order valence-corrected chi connectivity index (χ4v) is 2.05. The molecule has 1 aliphatic rings. The Morgan fingerprint density at radius 2 is 1.74 bits per heavy atom. The van der Waals surface area contributed by atoms with E-state index in [1.807, 2.05) is 0 Å². The number of carbonyl (C=O) groups is 3. The van der Waals surface area contributed by atoms with Crippen molar-refractivity contribution < 1.29 is 14.4 Å². The number of carbonyl (C=O) groups excluding carboxylic acids is 3. The molecule has 0 unspecified atom stereocenters. The Morgan fingerprint density at radius 1 is 1.16 bits per heavy atom. The minimum absolute atomic E-state index is 0.0782. The van der Waals surface area contributed by atoms with Gasteiger partial charge in [-0.3, -0.25) is 19.3 Å². The largest absolute Gasteiger partial charge is 0.332 e. The molecule has 7 heteroatoms. The van der Waals surface area contributed by atoms with Crippen LogP contribution in [0.5, 0.6) is 0 Å². The first-order chi connectivity index (χ1) is 9.01. The first kappa shape index (κ1) is 15.6. The Morgan fingerprint density at radius 3 is 2.16 bits per heavy atom.